The number of amides is 1. The van der Waals surface area contributed by atoms with Gasteiger partial charge in [-0.25, -0.2) is 0 Å². The molecule has 1 amide bonds. The van der Waals surface area contributed by atoms with E-state index in [2.05, 4.69) is 5.32 Å². The molecule has 0 aromatic carbocycles. The van der Waals surface area contributed by atoms with Gasteiger partial charge in [0.05, 0.1) is 18.2 Å². The zero-order valence-electron chi connectivity index (χ0n) is 11.7. The van der Waals surface area contributed by atoms with Crippen LogP contribution in [0.25, 0.3) is 0 Å². The van der Waals surface area contributed by atoms with Crippen molar-refractivity contribution >= 4 is 5.91 Å². The van der Waals surface area contributed by atoms with Crippen molar-refractivity contribution < 1.29 is 14.6 Å². The van der Waals surface area contributed by atoms with Crippen LogP contribution in [0.15, 0.2) is 0 Å². The van der Waals surface area contributed by atoms with Gasteiger partial charge >= 0.3 is 0 Å². The van der Waals surface area contributed by atoms with E-state index >= 15 is 0 Å². The summed E-state index contributed by atoms with van der Waals surface area (Å²) in [6.45, 7) is 4.70. The average Bonchev–Trinajstić information content (AvgIpc) is 2.80. The van der Waals surface area contributed by atoms with E-state index in [1.54, 1.807) is 0 Å². The molecule has 3 atom stereocenters. The molecule has 2 aliphatic carbocycles. The Morgan fingerprint density at radius 1 is 1.47 bits per heavy atom. The third-order valence-electron chi connectivity index (χ3n) is 5.82. The van der Waals surface area contributed by atoms with Gasteiger partial charge in [-0.05, 0) is 25.7 Å². The molecule has 1 aliphatic heterocycles. The number of carbonyl (C=O) groups excluding carboxylic acids is 1. The summed E-state index contributed by atoms with van der Waals surface area (Å²) in [6, 6.07) is 0. The number of aliphatic hydroxyl groups is 1. The number of hydrogen-bond donors (Lipinski definition) is 3. The molecule has 3 fully saturated rings. The first-order chi connectivity index (χ1) is 8.87. The molecular weight excluding hydrogens is 244 g/mol. The minimum atomic E-state index is -0.869. The monoisotopic (exact) mass is 268 g/mol. The van der Waals surface area contributed by atoms with Crippen LogP contribution in [-0.4, -0.2) is 41.4 Å². The van der Waals surface area contributed by atoms with Crippen LogP contribution in [0.5, 0.6) is 0 Å². The molecule has 2 saturated carbocycles. The molecule has 0 aromatic rings. The van der Waals surface area contributed by atoms with Crippen molar-refractivity contribution in [1.29, 1.82) is 0 Å². The highest BCUT2D eigenvalue weighted by Gasteiger charge is 2.71. The molecular formula is C14H24N2O3. The van der Waals surface area contributed by atoms with Crippen molar-refractivity contribution in [2.45, 2.75) is 56.7 Å². The van der Waals surface area contributed by atoms with Crippen LogP contribution in [0.4, 0.5) is 0 Å². The Bertz CT molecular complexity index is 400. The molecule has 3 aliphatic rings. The third-order valence-corrected chi connectivity index (χ3v) is 5.82. The van der Waals surface area contributed by atoms with E-state index in [0.717, 1.165) is 25.7 Å². The maximum Gasteiger partial charge on any atom is 0.241 e. The number of nitrogens with one attached hydrogen (secondary N) is 1. The molecule has 3 unspecified atom stereocenters. The summed E-state index contributed by atoms with van der Waals surface area (Å²) in [5.41, 5.74) is 4.83. The number of nitrogens with two attached hydrogens (primary N) is 1. The highest BCUT2D eigenvalue weighted by molar-refractivity contribution is 5.90. The fourth-order valence-electron chi connectivity index (χ4n) is 4.12. The zero-order chi connectivity index (χ0) is 13.9. The summed E-state index contributed by atoms with van der Waals surface area (Å²) in [5.74, 6) is -0.00341. The van der Waals surface area contributed by atoms with E-state index in [-0.39, 0.29) is 30.0 Å². The molecule has 108 valence electrons. The van der Waals surface area contributed by atoms with Crippen molar-refractivity contribution in [2.24, 2.45) is 17.1 Å². The first kappa shape index (κ1) is 13.3. The first-order valence-corrected chi connectivity index (χ1v) is 7.21. The summed E-state index contributed by atoms with van der Waals surface area (Å²) in [7, 11) is 0. The molecule has 1 heterocycles. The normalized spacial score (nSPS) is 41.9. The predicted molar refractivity (Wildman–Crippen MR) is 70.4 cm³/mol. The summed E-state index contributed by atoms with van der Waals surface area (Å²) >= 11 is 0. The van der Waals surface area contributed by atoms with E-state index in [1.165, 1.54) is 0 Å². The van der Waals surface area contributed by atoms with Crippen molar-refractivity contribution in [3.63, 3.8) is 0 Å². The van der Waals surface area contributed by atoms with Crippen LogP contribution in [0, 0.1) is 11.3 Å². The summed E-state index contributed by atoms with van der Waals surface area (Å²) < 4.78 is 5.70. The van der Waals surface area contributed by atoms with Gasteiger partial charge < -0.3 is 20.9 Å². The molecule has 0 aromatic heterocycles. The minimum absolute atomic E-state index is 0.000155. The Kier molecular flexibility index (Phi) is 2.76. The second kappa shape index (κ2) is 3.93. The van der Waals surface area contributed by atoms with Crippen LogP contribution in [0.3, 0.4) is 0 Å². The lowest BCUT2D eigenvalue weighted by molar-refractivity contribution is -0.178. The zero-order valence-corrected chi connectivity index (χ0v) is 11.7. The van der Waals surface area contributed by atoms with Crippen LogP contribution in [0.1, 0.15) is 39.5 Å². The predicted octanol–water partition coefficient (Wildman–Crippen LogP) is 0.160. The fourth-order valence-corrected chi connectivity index (χ4v) is 4.12. The number of aliphatic hydroxyl groups excluding tert-OH is 1. The lowest BCUT2D eigenvalue weighted by atomic mass is 9.47. The maximum atomic E-state index is 12.7. The third kappa shape index (κ3) is 1.49. The Hall–Kier alpha value is -0.650. The van der Waals surface area contributed by atoms with Crippen molar-refractivity contribution in [3.05, 3.63) is 0 Å². The fraction of sp³-hybridized carbons (Fsp3) is 0.929. The van der Waals surface area contributed by atoms with Crippen LogP contribution < -0.4 is 11.1 Å². The quantitative estimate of drug-likeness (QED) is 0.681. The molecule has 19 heavy (non-hydrogen) atoms. The maximum absolute atomic E-state index is 12.7. The van der Waals surface area contributed by atoms with E-state index in [9.17, 15) is 9.90 Å². The molecule has 0 radical (unpaired) electrons. The van der Waals surface area contributed by atoms with Gasteiger partial charge in [-0.1, -0.05) is 13.8 Å². The van der Waals surface area contributed by atoms with E-state index < -0.39 is 11.1 Å². The molecule has 5 nitrogen and oxygen atoms in total. The smallest absolute Gasteiger partial charge is 0.241 e. The van der Waals surface area contributed by atoms with Crippen LogP contribution >= 0.6 is 0 Å². The number of ether oxygens (including phenoxy) is 1. The molecule has 5 heteroatoms. The Morgan fingerprint density at radius 3 is 2.68 bits per heavy atom. The average molecular weight is 268 g/mol. The van der Waals surface area contributed by atoms with Crippen molar-refractivity contribution in [1.82, 2.24) is 5.32 Å². The minimum Gasteiger partial charge on any atom is -0.394 e. The van der Waals surface area contributed by atoms with Gasteiger partial charge in [-0.2, -0.15) is 0 Å². The van der Waals surface area contributed by atoms with E-state index in [4.69, 9.17) is 10.5 Å². The Labute approximate surface area is 113 Å². The molecule has 3 rings (SSSR count). The van der Waals surface area contributed by atoms with Gasteiger partial charge in [0.25, 0.3) is 0 Å². The first-order valence-electron chi connectivity index (χ1n) is 7.21. The molecule has 4 N–H and O–H groups in total. The SMILES string of the molecule is CC1(C)C2OCCC2C1(N)C(=O)NC1(CO)CCC1. The summed E-state index contributed by atoms with van der Waals surface area (Å²) in [6.07, 6.45) is 3.68. The Balaban J connectivity index is 1.79. The van der Waals surface area contributed by atoms with Crippen LogP contribution in [-0.2, 0) is 9.53 Å². The largest absolute Gasteiger partial charge is 0.394 e. The lowest BCUT2D eigenvalue weighted by Gasteiger charge is -2.61. The Morgan fingerprint density at radius 2 is 2.16 bits per heavy atom. The number of hydrogen-bond acceptors (Lipinski definition) is 4. The molecule has 0 bridgehead atoms. The second-order valence-corrected chi connectivity index (χ2v) is 7.02. The number of carbonyl (C=O) groups is 1. The summed E-state index contributed by atoms with van der Waals surface area (Å²) in [5, 5.41) is 12.5. The van der Waals surface area contributed by atoms with Crippen molar-refractivity contribution in [3.8, 4) is 0 Å². The van der Waals surface area contributed by atoms with Gasteiger partial charge in [0.1, 0.15) is 5.54 Å². The highest BCUT2D eigenvalue weighted by atomic mass is 16.5. The topological polar surface area (TPSA) is 84.6 Å². The van der Waals surface area contributed by atoms with Gasteiger partial charge in [0.15, 0.2) is 0 Å². The standard InChI is InChI=1S/C14H24N2O3/c1-12(2)10-9(4-7-19-10)14(12,15)11(18)16-13(8-17)5-3-6-13/h9-10,17H,3-8,15H2,1-2H3,(H,16,18). The van der Waals surface area contributed by atoms with Gasteiger partial charge in [0.2, 0.25) is 5.91 Å². The van der Waals surface area contributed by atoms with Gasteiger partial charge in [-0.3, -0.25) is 4.79 Å². The van der Waals surface area contributed by atoms with Crippen molar-refractivity contribution in [2.75, 3.05) is 13.2 Å². The molecule has 0 spiro atoms. The van der Waals surface area contributed by atoms with E-state index in [1.807, 2.05) is 13.8 Å². The molecule has 1 saturated heterocycles. The van der Waals surface area contributed by atoms with Gasteiger partial charge in [-0.15, -0.1) is 0 Å². The highest BCUT2D eigenvalue weighted by Crippen LogP contribution is 2.58. The van der Waals surface area contributed by atoms with Crippen LogP contribution in [0.2, 0.25) is 0 Å². The summed E-state index contributed by atoms with van der Waals surface area (Å²) in [4.78, 5) is 12.7. The van der Waals surface area contributed by atoms with E-state index in [0.29, 0.717) is 6.61 Å². The van der Waals surface area contributed by atoms with Gasteiger partial charge in [0, 0.05) is 17.9 Å². The number of fused-ring (bicyclic) bond motifs is 1. The lowest BCUT2D eigenvalue weighted by Crippen LogP contribution is -2.81. The second-order valence-electron chi connectivity index (χ2n) is 7.02. The number of rotatable bonds is 3.